The van der Waals surface area contributed by atoms with Crippen molar-refractivity contribution < 1.29 is 0 Å². The van der Waals surface area contributed by atoms with E-state index in [4.69, 9.17) is 0 Å². The van der Waals surface area contributed by atoms with E-state index in [0.717, 1.165) is 32.1 Å². The first-order valence-electron chi connectivity index (χ1n) is 5.21. The molecule has 1 aromatic heterocycles. The zero-order valence-corrected chi connectivity index (χ0v) is 9.32. The summed E-state index contributed by atoms with van der Waals surface area (Å²) >= 11 is 0. The van der Waals surface area contributed by atoms with Crippen LogP contribution >= 0.6 is 0 Å². The van der Waals surface area contributed by atoms with Crippen molar-refractivity contribution in [3.8, 4) is 0 Å². The highest BCUT2D eigenvalue weighted by molar-refractivity contribution is 5.25. The molecule has 1 aromatic rings. The Labute approximate surface area is 85.9 Å². The number of hydrogen-bond donors (Lipinski definition) is 1. The third-order valence-corrected chi connectivity index (χ3v) is 2.31. The van der Waals surface area contributed by atoms with Gasteiger partial charge in [-0.05, 0) is 20.5 Å². The Morgan fingerprint density at radius 2 is 2.29 bits per heavy atom. The Bertz CT molecular complexity index is 256. The summed E-state index contributed by atoms with van der Waals surface area (Å²) in [6.45, 7) is 8.31. The van der Waals surface area contributed by atoms with Crippen molar-refractivity contribution in [3.05, 3.63) is 12.4 Å². The third kappa shape index (κ3) is 3.03. The molecule has 0 aliphatic rings. The minimum Gasteiger partial charge on any atom is -0.356 e. The molecular weight excluding hydrogens is 176 g/mol. The molecule has 0 saturated carbocycles. The maximum absolute atomic E-state index is 4.24. The van der Waals surface area contributed by atoms with Crippen molar-refractivity contribution in [3.63, 3.8) is 0 Å². The highest BCUT2D eigenvalue weighted by atomic mass is 15.2. The predicted molar refractivity (Wildman–Crippen MR) is 59.6 cm³/mol. The van der Waals surface area contributed by atoms with Crippen LogP contribution in [-0.4, -0.2) is 41.1 Å². The third-order valence-electron chi connectivity index (χ3n) is 2.31. The molecule has 4 heteroatoms. The molecule has 0 aliphatic carbocycles. The van der Waals surface area contributed by atoms with Gasteiger partial charge in [-0.1, -0.05) is 6.92 Å². The number of nitrogens with zero attached hydrogens (tertiary/aromatic N) is 3. The first-order chi connectivity index (χ1) is 6.77. The lowest BCUT2D eigenvalue weighted by Gasteiger charge is -2.15. The second-order valence-corrected chi connectivity index (χ2v) is 3.37. The minimum atomic E-state index is 0.917. The van der Waals surface area contributed by atoms with Crippen LogP contribution in [0.5, 0.6) is 0 Å². The molecule has 0 unspecified atom stereocenters. The number of anilines is 1. The number of imidazole rings is 1. The largest absolute Gasteiger partial charge is 0.356 e. The van der Waals surface area contributed by atoms with Gasteiger partial charge in [-0.3, -0.25) is 0 Å². The van der Waals surface area contributed by atoms with Gasteiger partial charge in [-0.2, -0.15) is 0 Å². The topological polar surface area (TPSA) is 33.1 Å². The van der Waals surface area contributed by atoms with Gasteiger partial charge in [0.15, 0.2) is 0 Å². The summed E-state index contributed by atoms with van der Waals surface area (Å²) in [5, 5.41) is 3.23. The minimum absolute atomic E-state index is 0.917. The molecule has 0 amide bonds. The number of likely N-dealkylation sites (N-methyl/N-ethyl adjacent to an activating group) is 1. The molecule has 0 fully saturated rings. The van der Waals surface area contributed by atoms with Crippen LogP contribution in [0.15, 0.2) is 12.4 Å². The Balaban J connectivity index is 2.45. The summed E-state index contributed by atoms with van der Waals surface area (Å²) in [6.07, 6.45) is 3.85. The molecule has 0 bridgehead atoms. The van der Waals surface area contributed by atoms with Crippen LogP contribution < -0.4 is 5.32 Å². The van der Waals surface area contributed by atoms with Crippen LogP contribution in [-0.2, 0) is 6.54 Å². The lowest BCUT2D eigenvalue weighted by atomic mass is 10.5. The Kier molecular flexibility index (Phi) is 4.46. The Hall–Kier alpha value is -1.03. The van der Waals surface area contributed by atoms with Crippen LogP contribution in [0.1, 0.15) is 13.8 Å². The fourth-order valence-corrected chi connectivity index (χ4v) is 1.25. The molecule has 0 aliphatic heterocycles. The number of nitrogens with one attached hydrogen (secondary N) is 1. The summed E-state index contributed by atoms with van der Waals surface area (Å²) in [5.74, 6) is 0.969. The van der Waals surface area contributed by atoms with Gasteiger partial charge >= 0.3 is 0 Å². The lowest BCUT2D eigenvalue weighted by molar-refractivity contribution is 0.336. The molecule has 1 rings (SSSR count). The Morgan fingerprint density at radius 3 is 2.93 bits per heavy atom. The van der Waals surface area contributed by atoms with E-state index in [-0.39, 0.29) is 0 Å². The molecule has 0 saturated heterocycles. The molecule has 4 nitrogen and oxygen atoms in total. The van der Waals surface area contributed by atoms with Crippen LogP contribution in [0.2, 0.25) is 0 Å². The van der Waals surface area contributed by atoms with Crippen LogP contribution in [0.3, 0.4) is 0 Å². The van der Waals surface area contributed by atoms with Crippen LogP contribution in [0.25, 0.3) is 0 Å². The van der Waals surface area contributed by atoms with Gasteiger partial charge in [0.25, 0.3) is 0 Å². The highest BCUT2D eigenvalue weighted by Crippen LogP contribution is 2.03. The van der Waals surface area contributed by atoms with E-state index in [9.17, 15) is 0 Å². The molecule has 14 heavy (non-hydrogen) atoms. The van der Waals surface area contributed by atoms with E-state index < -0.39 is 0 Å². The van der Waals surface area contributed by atoms with E-state index in [1.54, 1.807) is 0 Å². The molecule has 0 radical (unpaired) electrons. The van der Waals surface area contributed by atoms with E-state index in [1.165, 1.54) is 0 Å². The second-order valence-electron chi connectivity index (χ2n) is 3.37. The van der Waals surface area contributed by atoms with E-state index in [0.29, 0.717) is 0 Å². The summed E-state index contributed by atoms with van der Waals surface area (Å²) in [6, 6.07) is 0. The number of aromatic nitrogens is 2. The normalized spacial score (nSPS) is 10.9. The number of hydrogen-bond acceptors (Lipinski definition) is 3. The van der Waals surface area contributed by atoms with Crippen molar-refractivity contribution in [1.29, 1.82) is 0 Å². The SMILES string of the molecule is CCNc1nccn1CCN(C)CC. The predicted octanol–water partition coefficient (Wildman–Crippen LogP) is 1.27. The zero-order valence-electron chi connectivity index (χ0n) is 9.32. The van der Waals surface area contributed by atoms with E-state index in [1.807, 2.05) is 12.4 Å². The highest BCUT2D eigenvalue weighted by Gasteiger charge is 2.01. The zero-order chi connectivity index (χ0) is 10.4. The maximum Gasteiger partial charge on any atom is 0.202 e. The fraction of sp³-hybridized carbons (Fsp3) is 0.700. The maximum atomic E-state index is 4.24. The van der Waals surface area contributed by atoms with Crippen LogP contribution in [0.4, 0.5) is 5.95 Å². The fourth-order valence-electron chi connectivity index (χ4n) is 1.25. The average Bonchev–Trinajstić information content (AvgIpc) is 2.62. The van der Waals surface area contributed by atoms with Gasteiger partial charge in [0, 0.05) is 32.0 Å². The average molecular weight is 196 g/mol. The van der Waals surface area contributed by atoms with E-state index in [2.05, 4.69) is 40.7 Å². The summed E-state index contributed by atoms with van der Waals surface area (Å²) in [7, 11) is 2.13. The molecule has 0 aromatic carbocycles. The first-order valence-corrected chi connectivity index (χ1v) is 5.21. The summed E-state index contributed by atoms with van der Waals surface area (Å²) in [4.78, 5) is 6.53. The van der Waals surface area contributed by atoms with Crippen molar-refractivity contribution in [2.45, 2.75) is 20.4 Å². The monoisotopic (exact) mass is 196 g/mol. The smallest absolute Gasteiger partial charge is 0.202 e. The van der Waals surface area contributed by atoms with Gasteiger partial charge in [0.1, 0.15) is 0 Å². The van der Waals surface area contributed by atoms with E-state index >= 15 is 0 Å². The van der Waals surface area contributed by atoms with Crippen molar-refractivity contribution in [2.75, 3.05) is 32.0 Å². The van der Waals surface area contributed by atoms with Crippen molar-refractivity contribution in [1.82, 2.24) is 14.5 Å². The molecular formula is C10H20N4. The quantitative estimate of drug-likeness (QED) is 0.743. The lowest BCUT2D eigenvalue weighted by Crippen LogP contribution is -2.23. The van der Waals surface area contributed by atoms with Gasteiger partial charge in [-0.25, -0.2) is 4.98 Å². The standard InChI is InChI=1S/C10H20N4/c1-4-11-10-12-6-7-14(10)9-8-13(3)5-2/h6-7H,4-5,8-9H2,1-3H3,(H,11,12). The van der Waals surface area contributed by atoms with Crippen molar-refractivity contribution >= 4 is 5.95 Å². The second kappa shape index (κ2) is 5.65. The molecule has 1 N–H and O–H groups in total. The van der Waals surface area contributed by atoms with Crippen molar-refractivity contribution in [2.24, 2.45) is 0 Å². The van der Waals surface area contributed by atoms with Gasteiger partial charge in [-0.15, -0.1) is 0 Å². The Morgan fingerprint density at radius 1 is 1.50 bits per heavy atom. The first kappa shape index (κ1) is 11.0. The summed E-state index contributed by atoms with van der Waals surface area (Å²) < 4.78 is 2.15. The summed E-state index contributed by atoms with van der Waals surface area (Å²) in [5.41, 5.74) is 0. The number of rotatable bonds is 6. The van der Waals surface area contributed by atoms with Gasteiger partial charge in [0.2, 0.25) is 5.95 Å². The van der Waals surface area contributed by atoms with Gasteiger partial charge < -0.3 is 14.8 Å². The molecule has 0 atom stereocenters. The molecule has 1 heterocycles. The van der Waals surface area contributed by atoms with Gasteiger partial charge in [0.05, 0.1) is 0 Å². The van der Waals surface area contributed by atoms with Crippen LogP contribution in [0, 0.1) is 0 Å². The molecule has 0 spiro atoms. The molecule has 80 valence electrons.